The van der Waals surface area contributed by atoms with Crippen LogP contribution >= 0.6 is 15.9 Å². The summed E-state index contributed by atoms with van der Waals surface area (Å²) in [6.45, 7) is 5.05. The van der Waals surface area contributed by atoms with E-state index >= 15 is 0 Å². The van der Waals surface area contributed by atoms with Crippen LogP contribution in [0.1, 0.15) is 31.1 Å². The summed E-state index contributed by atoms with van der Waals surface area (Å²) in [7, 11) is 0. The maximum atomic E-state index is 14.1. The van der Waals surface area contributed by atoms with Crippen molar-refractivity contribution in [2.45, 2.75) is 32.4 Å². The second-order valence-corrected chi connectivity index (χ2v) is 7.86. The minimum absolute atomic E-state index is 0.0395. The number of aliphatic hydroxyl groups is 1. The highest BCUT2D eigenvalue weighted by molar-refractivity contribution is 9.10. The van der Waals surface area contributed by atoms with Crippen LogP contribution in [0.15, 0.2) is 16.6 Å². The number of benzene rings is 1. The molecule has 1 aliphatic heterocycles. The van der Waals surface area contributed by atoms with Gasteiger partial charge in [-0.25, -0.2) is 13.6 Å². The molecule has 0 radical (unpaired) electrons. The minimum Gasteiger partial charge on any atom is -0.444 e. The van der Waals surface area contributed by atoms with Gasteiger partial charge < -0.3 is 19.6 Å². The zero-order valence-electron chi connectivity index (χ0n) is 14.8. The van der Waals surface area contributed by atoms with Crippen LogP contribution in [0.2, 0.25) is 0 Å². The van der Waals surface area contributed by atoms with Gasteiger partial charge in [0.05, 0.1) is 22.7 Å². The van der Waals surface area contributed by atoms with Gasteiger partial charge in [-0.2, -0.15) is 0 Å². The molecule has 0 bridgehead atoms. The molecule has 1 aromatic rings. The molecule has 1 atom stereocenters. The van der Waals surface area contributed by atoms with Gasteiger partial charge in [0, 0.05) is 19.6 Å². The Morgan fingerprint density at radius 1 is 1.27 bits per heavy atom. The first kappa shape index (κ1) is 20.6. The van der Waals surface area contributed by atoms with Crippen LogP contribution in [0.3, 0.4) is 0 Å². The molecule has 2 amide bonds. The summed E-state index contributed by atoms with van der Waals surface area (Å²) in [5.74, 6) is -2.37. The maximum Gasteiger partial charge on any atom is 0.410 e. The van der Waals surface area contributed by atoms with Crippen LogP contribution in [-0.2, 0) is 4.74 Å². The number of halogens is 3. The lowest BCUT2D eigenvalue weighted by atomic mass is 10.1. The first-order valence-corrected chi connectivity index (χ1v) is 8.87. The van der Waals surface area contributed by atoms with Gasteiger partial charge in [0.25, 0.3) is 5.91 Å². The second kappa shape index (κ2) is 7.87. The molecule has 0 saturated carbocycles. The van der Waals surface area contributed by atoms with E-state index in [4.69, 9.17) is 4.74 Å². The predicted octanol–water partition coefficient (Wildman–Crippen LogP) is 2.78. The van der Waals surface area contributed by atoms with Gasteiger partial charge in [-0.1, -0.05) is 0 Å². The van der Waals surface area contributed by atoms with Crippen LogP contribution in [0.4, 0.5) is 13.6 Å². The number of aliphatic hydroxyl groups excluding tert-OH is 1. The fourth-order valence-electron chi connectivity index (χ4n) is 2.61. The van der Waals surface area contributed by atoms with E-state index in [1.807, 2.05) is 0 Å². The fourth-order valence-corrected chi connectivity index (χ4v) is 2.93. The molecule has 1 saturated heterocycles. The number of carbonyl (C=O) groups is 2. The lowest BCUT2D eigenvalue weighted by molar-refractivity contribution is -0.00256. The molecule has 0 spiro atoms. The van der Waals surface area contributed by atoms with Gasteiger partial charge >= 0.3 is 6.09 Å². The number of rotatable bonds is 2. The minimum atomic E-state index is -0.866. The highest BCUT2D eigenvalue weighted by Crippen LogP contribution is 2.23. The Hall–Kier alpha value is -1.74. The van der Waals surface area contributed by atoms with Crippen LogP contribution in [0.5, 0.6) is 0 Å². The third-order valence-electron chi connectivity index (χ3n) is 3.85. The van der Waals surface area contributed by atoms with E-state index in [0.717, 1.165) is 12.1 Å². The van der Waals surface area contributed by atoms with Crippen molar-refractivity contribution >= 4 is 27.9 Å². The van der Waals surface area contributed by atoms with Crippen molar-refractivity contribution in [3.8, 4) is 0 Å². The van der Waals surface area contributed by atoms with Crippen molar-refractivity contribution in [3.05, 3.63) is 33.8 Å². The number of piperazine rings is 1. The normalized spacial score (nSPS) is 18.0. The molecule has 0 aromatic heterocycles. The molecule has 1 aliphatic rings. The zero-order valence-corrected chi connectivity index (χ0v) is 16.3. The van der Waals surface area contributed by atoms with Crippen LogP contribution < -0.4 is 0 Å². The smallest absolute Gasteiger partial charge is 0.410 e. The fraction of sp³-hybridized carbons (Fsp3) is 0.529. The molecule has 144 valence electrons. The molecule has 2 rings (SSSR count). The Balaban J connectivity index is 2.16. The van der Waals surface area contributed by atoms with Gasteiger partial charge in [-0.15, -0.1) is 0 Å². The van der Waals surface area contributed by atoms with E-state index in [2.05, 4.69) is 15.9 Å². The van der Waals surface area contributed by atoms with Crippen LogP contribution in [0.25, 0.3) is 0 Å². The Morgan fingerprint density at radius 3 is 2.50 bits per heavy atom. The summed E-state index contributed by atoms with van der Waals surface area (Å²) >= 11 is 2.86. The summed E-state index contributed by atoms with van der Waals surface area (Å²) in [5, 5.41) is 9.61. The average molecular weight is 435 g/mol. The van der Waals surface area contributed by atoms with Crippen LogP contribution in [-0.4, -0.2) is 64.8 Å². The zero-order chi connectivity index (χ0) is 19.6. The number of ether oxygens (including phenoxy) is 1. The van der Waals surface area contributed by atoms with E-state index in [-0.39, 0.29) is 24.1 Å². The van der Waals surface area contributed by atoms with Crippen LogP contribution in [0, 0.1) is 11.6 Å². The van der Waals surface area contributed by atoms with Crippen molar-refractivity contribution in [2.75, 3.05) is 26.2 Å². The first-order chi connectivity index (χ1) is 12.0. The Labute approximate surface area is 158 Å². The number of nitrogens with zero attached hydrogens (tertiary/aromatic N) is 2. The van der Waals surface area contributed by atoms with Crippen molar-refractivity contribution < 1.29 is 28.2 Å². The molecule has 1 heterocycles. The van der Waals surface area contributed by atoms with E-state index < -0.39 is 47.4 Å². The molecular formula is C17H21BrF2N2O4. The second-order valence-electron chi connectivity index (χ2n) is 7.01. The summed E-state index contributed by atoms with van der Waals surface area (Å²) in [4.78, 5) is 27.4. The standard InChI is InChI=1S/C17H21BrF2N2O4/c1-17(2,3)26-16(25)21-4-5-22(10(8-21)9-23)15(24)11-6-14(20)12(18)7-13(11)19/h6-7,10,23H,4-5,8-9H2,1-3H3/t10-/m1/s1. The summed E-state index contributed by atoms with van der Waals surface area (Å²) in [5.41, 5.74) is -1.09. The third-order valence-corrected chi connectivity index (χ3v) is 4.45. The SMILES string of the molecule is CC(C)(C)OC(=O)N1CCN(C(=O)c2cc(F)c(Br)cc2F)[C@@H](CO)C1. The summed E-state index contributed by atoms with van der Waals surface area (Å²) in [6, 6.07) is 0.957. The van der Waals surface area contributed by atoms with E-state index in [0.29, 0.717) is 0 Å². The maximum absolute atomic E-state index is 14.1. The van der Waals surface area contributed by atoms with Gasteiger partial charge in [-0.05, 0) is 48.8 Å². The molecule has 26 heavy (non-hydrogen) atoms. The molecule has 1 N–H and O–H groups in total. The highest BCUT2D eigenvalue weighted by atomic mass is 79.9. The van der Waals surface area contributed by atoms with E-state index in [9.17, 15) is 23.5 Å². The van der Waals surface area contributed by atoms with Gasteiger partial charge in [0.2, 0.25) is 0 Å². The molecule has 9 heteroatoms. The van der Waals surface area contributed by atoms with Crippen molar-refractivity contribution in [1.29, 1.82) is 0 Å². The highest BCUT2D eigenvalue weighted by Gasteiger charge is 2.35. The molecular weight excluding hydrogens is 414 g/mol. The van der Waals surface area contributed by atoms with Gasteiger partial charge in [0.1, 0.15) is 17.2 Å². The van der Waals surface area contributed by atoms with E-state index in [1.165, 1.54) is 9.80 Å². The van der Waals surface area contributed by atoms with Gasteiger partial charge in [0.15, 0.2) is 0 Å². The number of amides is 2. The quantitative estimate of drug-likeness (QED) is 0.726. The largest absolute Gasteiger partial charge is 0.444 e. The van der Waals surface area contributed by atoms with Gasteiger partial charge in [-0.3, -0.25) is 4.79 Å². The molecule has 6 nitrogen and oxygen atoms in total. The Morgan fingerprint density at radius 2 is 1.92 bits per heavy atom. The number of hydrogen-bond acceptors (Lipinski definition) is 4. The first-order valence-electron chi connectivity index (χ1n) is 8.07. The van der Waals surface area contributed by atoms with E-state index in [1.54, 1.807) is 20.8 Å². The average Bonchev–Trinajstić information content (AvgIpc) is 2.55. The van der Waals surface area contributed by atoms with Crippen molar-refractivity contribution in [2.24, 2.45) is 0 Å². The van der Waals surface area contributed by atoms with Crippen molar-refractivity contribution in [1.82, 2.24) is 9.80 Å². The third kappa shape index (κ3) is 4.70. The lowest BCUT2D eigenvalue weighted by Gasteiger charge is -2.41. The Kier molecular flexibility index (Phi) is 6.23. The molecule has 0 aliphatic carbocycles. The summed E-state index contributed by atoms with van der Waals surface area (Å²) < 4.78 is 33.0. The number of hydrogen-bond donors (Lipinski definition) is 1. The molecule has 1 aromatic carbocycles. The number of carbonyl (C=O) groups excluding carboxylic acids is 2. The Bertz CT molecular complexity index is 709. The van der Waals surface area contributed by atoms with Crippen molar-refractivity contribution in [3.63, 3.8) is 0 Å². The molecule has 1 fully saturated rings. The summed E-state index contributed by atoms with van der Waals surface area (Å²) in [6.07, 6.45) is -0.552. The molecule has 0 unspecified atom stereocenters. The predicted molar refractivity (Wildman–Crippen MR) is 93.8 cm³/mol. The monoisotopic (exact) mass is 434 g/mol. The lowest BCUT2D eigenvalue weighted by Crippen LogP contribution is -2.58. The topological polar surface area (TPSA) is 70.1 Å².